The average Bonchev–Trinajstić information content (AvgIpc) is 2.56. The van der Waals surface area contributed by atoms with Crippen LogP contribution < -0.4 is 0 Å². The zero-order valence-electron chi connectivity index (χ0n) is 9.16. The van der Waals surface area contributed by atoms with Gasteiger partial charge in [-0.25, -0.2) is 0 Å². The van der Waals surface area contributed by atoms with E-state index in [2.05, 4.69) is 0 Å². The van der Waals surface area contributed by atoms with Gasteiger partial charge >= 0.3 is 0 Å². The van der Waals surface area contributed by atoms with Crippen LogP contribution in [0.25, 0.3) is 0 Å². The molecule has 0 amide bonds. The van der Waals surface area contributed by atoms with Crippen LogP contribution >= 0.6 is 0 Å². The minimum Gasteiger partial charge on any atom is -0.396 e. The van der Waals surface area contributed by atoms with Gasteiger partial charge in [-0.1, -0.05) is 0 Å². The van der Waals surface area contributed by atoms with Gasteiger partial charge < -0.3 is 29.9 Å². The topological polar surface area (TPSA) is 99.4 Å². The fourth-order valence-electron chi connectivity index (χ4n) is 1.59. The van der Waals surface area contributed by atoms with E-state index in [4.69, 9.17) is 19.7 Å². The lowest BCUT2D eigenvalue weighted by Crippen LogP contribution is -2.34. The van der Waals surface area contributed by atoms with Gasteiger partial charge in [-0.15, -0.1) is 0 Å². The highest BCUT2D eigenvalue weighted by Crippen LogP contribution is 2.22. The molecule has 0 aromatic carbocycles. The second kappa shape index (κ2) is 7.16. The van der Waals surface area contributed by atoms with Crippen LogP contribution in [0.4, 0.5) is 0 Å². The van der Waals surface area contributed by atoms with E-state index < -0.39 is 24.6 Å². The predicted molar refractivity (Wildman–Crippen MR) is 54.6 cm³/mol. The highest BCUT2D eigenvalue weighted by atomic mass is 16.7. The predicted octanol–water partition coefficient (Wildman–Crippen LogP) is -1.40. The molecular weight excluding hydrogens is 216 g/mol. The molecule has 0 aromatic rings. The Labute approximate surface area is 94.4 Å². The second-order valence-corrected chi connectivity index (χ2v) is 3.86. The standard InChI is InChI=1S/C10H20O6/c11-4-2-1-3-5-15-10-9(14)8(13)7(6-12)16-10/h7-14H,1-6H2/t7-,8-,9-,10+/m1/s1. The third-order valence-corrected chi connectivity index (χ3v) is 2.58. The Morgan fingerprint density at radius 3 is 2.31 bits per heavy atom. The Hall–Kier alpha value is -0.240. The van der Waals surface area contributed by atoms with E-state index in [0.29, 0.717) is 6.61 Å². The number of hydrogen-bond acceptors (Lipinski definition) is 6. The first-order valence-corrected chi connectivity index (χ1v) is 5.55. The van der Waals surface area contributed by atoms with Crippen LogP contribution in [-0.4, -0.2) is 64.8 Å². The van der Waals surface area contributed by atoms with Crippen molar-refractivity contribution in [3.63, 3.8) is 0 Å². The number of hydrogen-bond donors (Lipinski definition) is 4. The summed E-state index contributed by atoms with van der Waals surface area (Å²) < 4.78 is 10.4. The maximum Gasteiger partial charge on any atom is 0.186 e. The van der Waals surface area contributed by atoms with Crippen LogP contribution in [0.3, 0.4) is 0 Å². The highest BCUT2D eigenvalue weighted by Gasteiger charge is 2.42. The first-order valence-electron chi connectivity index (χ1n) is 5.55. The summed E-state index contributed by atoms with van der Waals surface area (Å²) in [7, 11) is 0. The lowest BCUT2D eigenvalue weighted by Gasteiger charge is -2.15. The number of unbranched alkanes of at least 4 members (excludes halogenated alkanes) is 2. The number of rotatable bonds is 7. The van der Waals surface area contributed by atoms with E-state index in [1.165, 1.54) is 0 Å². The van der Waals surface area contributed by atoms with Gasteiger partial charge in [0.2, 0.25) is 0 Å². The fraction of sp³-hybridized carbons (Fsp3) is 1.00. The van der Waals surface area contributed by atoms with Crippen molar-refractivity contribution in [3.8, 4) is 0 Å². The number of ether oxygens (including phenoxy) is 2. The van der Waals surface area contributed by atoms with Gasteiger partial charge in [0, 0.05) is 13.2 Å². The molecule has 0 aliphatic carbocycles. The van der Waals surface area contributed by atoms with Crippen LogP contribution in [0.5, 0.6) is 0 Å². The summed E-state index contributed by atoms with van der Waals surface area (Å²) in [5.41, 5.74) is 0. The van der Waals surface area contributed by atoms with Gasteiger partial charge in [-0.2, -0.15) is 0 Å². The largest absolute Gasteiger partial charge is 0.396 e. The van der Waals surface area contributed by atoms with Crippen molar-refractivity contribution in [1.29, 1.82) is 0 Å². The summed E-state index contributed by atoms with van der Waals surface area (Å²) in [6.07, 6.45) is -1.56. The van der Waals surface area contributed by atoms with Gasteiger partial charge in [-0.05, 0) is 19.3 Å². The van der Waals surface area contributed by atoms with E-state index in [-0.39, 0.29) is 13.2 Å². The summed E-state index contributed by atoms with van der Waals surface area (Å²) in [5.74, 6) is 0. The van der Waals surface area contributed by atoms with Gasteiger partial charge in [0.15, 0.2) is 6.29 Å². The van der Waals surface area contributed by atoms with Crippen LogP contribution in [0.2, 0.25) is 0 Å². The van der Waals surface area contributed by atoms with Crippen molar-refractivity contribution in [2.24, 2.45) is 0 Å². The number of aliphatic hydroxyl groups excluding tert-OH is 4. The van der Waals surface area contributed by atoms with Crippen molar-refractivity contribution in [3.05, 3.63) is 0 Å². The molecule has 0 spiro atoms. The molecule has 0 aromatic heterocycles. The van der Waals surface area contributed by atoms with E-state index >= 15 is 0 Å². The van der Waals surface area contributed by atoms with Crippen LogP contribution in [0.15, 0.2) is 0 Å². The molecule has 16 heavy (non-hydrogen) atoms. The highest BCUT2D eigenvalue weighted by molar-refractivity contribution is 4.86. The van der Waals surface area contributed by atoms with Crippen LogP contribution in [0, 0.1) is 0 Å². The second-order valence-electron chi connectivity index (χ2n) is 3.86. The summed E-state index contributed by atoms with van der Waals surface area (Å²) in [6.45, 7) is 0.211. The SMILES string of the molecule is OCCCCCO[C@H]1O[C@H](CO)[C@@H](O)[C@H]1O. The van der Waals surface area contributed by atoms with Gasteiger partial charge in [0.1, 0.15) is 18.3 Å². The summed E-state index contributed by atoms with van der Waals surface area (Å²) in [5, 5.41) is 36.3. The van der Waals surface area contributed by atoms with E-state index in [0.717, 1.165) is 19.3 Å². The van der Waals surface area contributed by atoms with Crippen molar-refractivity contribution in [1.82, 2.24) is 0 Å². The molecule has 1 fully saturated rings. The minimum atomic E-state index is -1.12. The Balaban J connectivity index is 2.17. The van der Waals surface area contributed by atoms with E-state index in [1.807, 2.05) is 0 Å². The third-order valence-electron chi connectivity index (χ3n) is 2.58. The maximum absolute atomic E-state index is 9.51. The molecule has 1 rings (SSSR count). The van der Waals surface area contributed by atoms with E-state index in [1.54, 1.807) is 0 Å². The van der Waals surface area contributed by atoms with Crippen LogP contribution in [0.1, 0.15) is 19.3 Å². The van der Waals surface area contributed by atoms with Gasteiger partial charge in [0.05, 0.1) is 6.61 Å². The normalized spacial score (nSPS) is 34.5. The summed E-state index contributed by atoms with van der Waals surface area (Å²) in [4.78, 5) is 0. The van der Waals surface area contributed by atoms with Gasteiger partial charge in [0.25, 0.3) is 0 Å². The monoisotopic (exact) mass is 236 g/mol. The Bertz CT molecular complexity index is 188. The average molecular weight is 236 g/mol. The minimum absolute atomic E-state index is 0.161. The molecule has 96 valence electrons. The molecule has 1 heterocycles. The maximum atomic E-state index is 9.51. The molecule has 4 N–H and O–H groups in total. The molecule has 6 heteroatoms. The first-order chi connectivity index (χ1) is 7.70. The lowest BCUT2D eigenvalue weighted by atomic mass is 10.1. The molecule has 0 bridgehead atoms. The Kier molecular flexibility index (Phi) is 6.18. The Morgan fingerprint density at radius 2 is 1.75 bits per heavy atom. The molecule has 1 aliphatic heterocycles. The summed E-state index contributed by atoms with van der Waals surface area (Å²) >= 11 is 0. The van der Waals surface area contributed by atoms with Crippen molar-refractivity contribution < 1.29 is 29.9 Å². The van der Waals surface area contributed by atoms with Crippen molar-refractivity contribution >= 4 is 0 Å². The Morgan fingerprint density at radius 1 is 1.00 bits per heavy atom. The molecule has 6 nitrogen and oxygen atoms in total. The molecule has 1 aliphatic rings. The van der Waals surface area contributed by atoms with Gasteiger partial charge in [-0.3, -0.25) is 0 Å². The molecular formula is C10H20O6. The zero-order valence-corrected chi connectivity index (χ0v) is 9.16. The van der Waals surface area contributed by atoms with Crippen LogP contribution in [-0.2, 0) is 9.47 Å². The fourth-order valence-corrected chi connectivity index (χ4v) is 1.59. The molecule has 0 radical (unpaired) electrons. The van der Waals surface area contributed by atoms with Crippen molar-refractivity contribution in [2.45, 2.75) is 43.9 Å². The molecule has 4 atom stereocenters. The third kappa shape index (κ3) is 3.65. The first kappa shape index (κ1) is 13.8. The zero-order chi connectivity index (χ0) is 12.0. The lowest BCUT2D eigenvalue weighted by molar-refractivity contribution is -0.169. The smallest absolute Gasteiger partial charge is 0.186 e. The molecule has 0 unspecified atom stereocenters. The summed E-state index contributed by atoms with van der Waals surface area (Å²) in [6, 6.07) is 0. The van der Waals surface area contributed by atoms with Crippen molar-refractivity contribution in [2.75, 3.05) is 19.8 Å². The quantitative estimate of drug-likeness (QED) is 0.406. The number of aliphatic hydroxyl groups is 4. The molecule has 1 saturated heterocycles. The molecule has 0 saturated carbocycles. The van der Waals surface area contributed by atoms with E-state index in [9.17, 15) is 10.2 Å².